The van der Waals surface area contributed by atoms with Crippen LogP contribution in [0.3, 0.4) is 0 Å². The Morgan fingerprint density at radius 1 is 1.22 bits per heavy atom. The van der Waals surface area contributed by atoms with Crippen molar-refractivity contribution in [2.24, 2.45) is 5.92 Å². The summed E-state index contributed by atoms with van der Waals surface area (Å²) in [4.78, 5) is 12.9. The normalized spacial score (nSPS) is 12.8. The van der Waals surface area contributed by atoms with Crippen LogP contribution in [0.15, 0.2) is 24.7 Å². The molecule has 23 heavy (non-hydrogen) atoms. The topological polar surface area (TPSA) is 68.0 Å². The van der Waals surface area contributed by atoms with Gasteiger partial charge in [0.25, 0.3) is 5.78 Å². The lowest BCUT2D eigenvalue weighted by atomic mass is 10.1. The molecular formula is C16H19ClN6. The molecule has 0 saturated heterocycles. The van der Waals surface area contributed by atoms with Crippen LogP contribution in [0.2, 0.25) is 5.15 Å². The standard InChI is InChI=1S/C16H19ClN6/c1-9(2)11(4)21-15-13(12-7-10(3)5-6-18-12)14(17)22-16-19-8-20-23(15)16/h5-9,11,21H,1-4H3. The van der Waals surface area contributed by atoms with Crippen molar-refractivity contribution in [3.05, 3.63) is 35.4 Å². The summed E-state index contributed by atoms with van der Waals surface area (Å²) in [5.41, 5.74) is 2.60. The van der Waals surface area contributed by atoms with Crippen LogP contribution in [-0.2, 0) is 0 Å². The first-order valence-corrected chi connectivity index (χ1v) is 7.94. The predicted molar refractivity (Wildman–Crippen MR) is 91.7 cm³/mol. The van der Waals surface area contributed by atoms with Gasteiger partial charge in [-0.3, -0.25) is 4.98 Å². The highest BCUT2D eigenvalue weighted by molar-refractivity contribution is 6.32. The molecular weight excluding hydrogens is 312 g/mol. The molecule has 3 heterocycles. The summed E-state index contributed by atoms with van der Waals surface area (Å²) in [7, 11) is 0. The maximum Gasteiger partial charge on any atom is 0.255 e. The van der Waals surface area contributed by atoms with E-state index in [1.165, 1.54) is 6.33 Å². The first-order chi connectivity index (χ1) is 11.0. The largest absolute Gasteiger partial charge is 0.367 e. The zero-order valence-corrected chi connectivity index (χ0v) is 14.3. The maximum atomic E-state index is 6.44. The van der Waals surface area contributed by atoms with E-state index in [-0.39, 0.29) is 6.04 Å². The average molecular weight is 331 g/mol. The number of aryl methyl sites for hydroxylation is 1. The Balaban J connectivity index is 2.24. The van der Waals surface area contributed by atoms with Gasteiger partial charge in [0.2, 0.25) is 0 Å². The Labute approximate surface area is 139 Å². The Morgan fingerprint density at radius 3 is 2.70 bits per heavy atom. The molecule has 1 atom stereocenters. The van der Waals surface area contributed by atoms with E-state index in [0.29, 0.717) is 16.8 Å². The fraction of sp³-hybridized carbons (Fsp3) is 0.375. The molecule has 0 aliphatic carbocycles. The van der Waals surface area contributed by atoms with Crippen molar-refractivity contribution in [2.45, 2.75) is 33.7 Å². The summed E-state index contributed by atoms with van der Waals surface area (Å²) in [5.74, 6) is 1.67. The van der Waals surface area contributed by atoms with Crippen LogP contribution in [0.1, 0.15) is 26.3 Å². The molecule has 0 aliphatic heterocycles. The van der Waals surface area contributed by atoms with Crippen molar-refractivity contribution in [2.75, 3.05) is 5.32 Å². The molecule has 3 rings (SSSR count). The summed E-state index contributed by atoms with van der Waals surface area (Å²) < 4.78 is 1.67. The van der Waals surface area contributed by atoms with Gasteiger partial charge in [-0.1, -0.05) is 25.4 Å². The molecule has 0 spiro atoms. The predicted octanol–water partition coefficient (Wildman–Crippen LogP) is 3.60. The lowest BCUT2D eigenvalue weighted by Crippen LogP contribution is -2.24. The van der Waals surface area contributed by atoms with Gasteiger partial charge >= 0.3 is 0 Å². The molecule has 0 aromatic carbocycles. The molecule has 1 unspecified atom stereocenters. The van der Waals surface area contributed by atoms with Crippen molar-refractivity contribution in [3.63, 3.8) is 0 Å². The number of halogens is 1. The summed E-state index contributed by atoms with van der Waals surface area (Å²) in [5, 5.41) is 8.13. The quantitative estimate of drug-likeness (QED) is 0.740. The number of nitrogens with one attached hydrogen (secondary N) is 1. The zero-order valence-electron chi connectivity index (χ0n) is 13.6. The molecule has 120 valence electrons. The van der Waals surface area contributed by atoms with Gasteiger partial charge in [0.15, 0.2) is 0 Å². The Kier molecular flexibility index (Phi) is 4.17. The third-order valence-electron chi connectivity index (χ3n) is 3.92. The molecule has 0 fully saturated rings. The zero-order chi connectivity index (χ0) is 16.6. The van der Waals surface area contributed by atoms with Crippen molar-refractivity contribution < 1.29 is 0 Å². The molecule has 1 N–H and O–H groups in total. The van der Waals surface area contributed by atoms with Crippen LogP contribution in [-0.4, -0.2) is 30.6 Å². The third kappa shape index (κ3) is 2.99. The number of aromatic nitrogens is 5. The average Bonchev–Trinajstić information content (AvgIpc) is 2.95. The van der Waals surface area contributed by atoms with Gasteiger partial charge in [0.1, 0.15) is 17.3 Å². The van der Waals surface area contributed by atoms with Crippen molar-refractivity contribution in [1.82, 2.24) is 24.6 Å². The maximum absolute atomic E-state index is 6.44. The molecule has 0 amide bonds. The second-order valence-corrected chi connectivity index (χ2v) is 6.35. The second-order valence-electron chi connectivity index (χ2n) is 5.99. The van der Waals surface area contributed by atoms with Crippen LogP contribution < -0.4 is 5.32 Å². The fourth-order valence-electron chi connectivity index (χ4n) is 2.23. The van der Waals surface area contributed by atoms with Gasteiger partial charge in [-0.05, 0) is 37.5 Å². The van der Waals surface area contributed by atoms with Crippen molar-refractivity contribution >= 4 is 23.2 Å². The van der Waals surface area contributed by atoms with Crippen LogP contribution >= 0.6 is 11.6 Å². The number of pyridine rings is 1. The monoisotopic (exact) mass is 330 g/mol. The number of nitrogens with zero attached hydrogens (tertiary/aromatic N) is 5. The van der Waals surface area contributed by atoms with Gasteiger partial charge < -0.3 is 5.32 Å². The minimum atomic E-state index is 0.226. The summed E-state index contributed by atoms with van der Waals surface area (Å²) in [6.45, 7) is 8.45. The molecule has 3 aromatic rings. The SMILES string of the molecule is Cc1ccnc(-c2c(Cl)nc3ncnn3c2NC(C)C(C)C)c1. The van der Waals surface area contributed by atoms with Gasteiger partial charge in [-0.15, -0.1) is 0 Å². The minimum Gasteiger partial charge on any atom is -0.367 e. The Bertz CT molecular complexity index is 842. The van der Waals surface area contributed by atoms with E-state index in [9.17, 15) is 0 Å². The van der Waals surface area contributed by atoms with E-state index in [1.807, 2.05) is 19.1 Å². The minimum absolute atomic E-state index is 0.226. The fourth-order valence-corrected chi connectivity index (χ4v) is 2.49. The third-order valence-corrected chi connectivity index (χ3v) is 4.19. The van der Waals surface area contributed by atoms with Crippen LogP contribution in [0.5, 0.6) is 0 Å². The molecule has 0 saturated carbocycles. The van der Waals surface area contributed by atoms with Gasteiger partial charge in [-0.25, -0.2) is 0 Å². The van der Waals surface area contributed by atoms with Crippen LogP contribution in [0, 0.1) is 12.8 Å². The highest BCUT2D eigenvalue weighted by Gasteiger charge is 2.20. The lowest BCUT2D eigenvalue weighted by Gasteiger charge is -2.21. The Morgan fingerprint density at radius 2 is 2.00 bits per heavy atom. The molecule has 6 nitrogen and oxygen atoms in total. The molecule has 0 aliphatic rings. The summed E-state index contributed by atoms with van der Waals surface area (Å²) >= 11 is 6.44. The van der Waals surface area contributed by atoms with E-state index in [2.05, 4.69) is 46.1 Å². The summed E-state index contributed by atoms with van der Waals surface area (Å²) in [6, 6.07) is 4.16. The Hall–Kier alpha value is -2.21. The second kappa shape index (κ2) is 6.12. The van der Waals surface area contributed by atoms with Crippen LogP contribution in [0.25, 0.3) is 17.0 Å². The van der Waals surface area contributed by atoms with E-state index >= 15 is 0 Å². The van der Waals surface area contributed by atoms with Crippen molar-refractivity contribution in [3.8, 4) is 11.3 Å². The molecule has 0 radical (unpaired) electrons. The first kappa shape index (κ1) is 15.7. The highest BCUT2D eigenvalue weighted by Crippen LogP contribution is 2.33. The van der Waals surface area contributed by atoms with E-state index in [4.69, 9.17) is 11.6 Å². The number of anilines is 1. The number of fused-ring (bicyclic) bond motifs is 1. The molecule has 0 bridgehead atoms. The first-order valence-electron chi connectivity index (χ1n) is 7.56. The van der Waals surface area contributed by atoms with E-state index in [1.54, 1.807) is 10.7 Å². The van der Waals surface area contributed by atoms with Gasteiger partial charge in [0, 0.05) is 12.2 Å². The molecule has 3 aromatic heterocycles. The number of rotatable bonds is 4. The number of hydrogen-bond donors (Lipinski definition) is 1. The highest BCUT2D eigenvalue weighted by atomic mass is 35.5. The summed E-state index contributed by atoms with van der Waals surface area (Å²) in [6.07, 6.45) is 3.24. The van der Waals surface area contributed by atoms with Gasteiger partial charge in [0.05, 0.1) is 11.3 Å². The van der Waals surface area contributed by atoms with Gasteiger partial charge in [-0.2, -0.15) is 19.6 Å². The van der Waals surface area contributed by atoms with Crippen LogP contribution in [0.4, 0.5) is 5.82 Å². The van der Waals surface area contributed by atoms with E-state index < -0.39 is 0 Å². The van der Waals surface area contributed by atoms with Crippen molar-refractivity contribution in [1.29, 1.82) is 0 Å². The van der Waals surface area contributed by atoms with E-state index in [0.717, 1.165) is 22.6 Å². The number of hydrogen-bond acceptors (Lipinski definition) is 5. The lowest BCUT2D eigenvalue weighted by molar-refractivity contribution is 0.556. The molecule has 7 heteroatoms. The smallest absolute Gasteiger partial charge is 0.255 e.